The molecule has 4 N–H and O–H groups in total. The van der Waals surface area contributed by atoms with Crippen LogP contribution < -0.4 is 25.4 Å². The summed E-state index contributed by atoms with van der Waals surface area (Å²) in [5.74, 6) is -0.408. The summed E-state index contributed by atoms with van der Waals surface area (Å²) in [6.07, 6.45) is -0.550. The second kappa shape index (κ2) is 20.3. The van der Waals surface area contributed by atoms with E-state index in [1.165, 1.54) is 4.90 Å². The van der Waals surface area contributed by atoms with Crippen molar-refractivity contribution in [2.75, 3.05) is 26.4 Å². The van der Waals surface area contributed by atoms with Crippen LogP contribution in [0.3, 0.4) is 0 Å². The van der Waals surface area contributed by atoms with Crippen molar-refractivity contribution in [1.82, 2.24) is 25.8 Å². The molecule has 16 heteroatoms. The monoisotopic (exact) mass is 926 g/mol. The van der Waals surface area contributed by atoms with Crippen LogP contribution in [0.25, 0.3) is 10.4 Å². The number of thiazole rings is 1. The number of benzene rings is 3. The molecule has 1 aromatic heterocycles. The number of nitrogens with zero attached hydrogens (tertiary/aromatic N) is 3. The van der Waals surface area contributed by atoms with Crippen LogP contribution in [0, 0.1) is 34.5 Å². The fraction of sp³-hybridized carbons (Fsp3) is 0.469. The lowest BCUT2D eigenvalue weighted by Crippen LogP contribution is -2.74. The van der Waals surface area contributed by atoms with Crippen molar-refractivity contribution < 1.29 is 38.5 Å². The highest BCUT2D eigenvalue weighted by Gasteiger charge is 2.64. The van der Waals surface area contributed by atoms with Crippen molar-refractivity contribution in [3.8, 4) is 28.0 Å². The summed E-state index contributed by atoms with van der Waals surface area (Å²) < 4.78 is 17.8. The van der Waals surface area contributed by atoms with Crippen molar-refractivity contribution in [3.05, 3.63) is 99.6 Å². The van der Waals surface area contributed by atoms with Crippen LogP contribution in [-0.2, 0) is 25.7 Å². The molecule has 3 atom stereocenters. The Morgan fingerprint density at radius 1 is 1.00 bits per heavy atom. The number of carbonyl (C=O) groups excluding carboxylic acids is 4. The Balaban J connectivity index is 0.915. The topological polar surface area (TPSA) is 192 Å². The summed E-state index contributed by atoms with van der Waals surface area (Å²) in [6.45, 7) is 16.1. The minimum atomic E-state index is -0.979. The van der Waals surface area contributed by atoms with Gasteiger partial charge in [-0.1, -0.05) is 84.3 Å². The van der Waals surface area contributed by atoms with Crippen LogP contribution in [0.15, 0.2) is 72.2 Å². The molecule has 2 heterocycles. The number of nitrogens with one attached hydrogen (secondary N) is 3. The number of hydrogen-bond acceptors (Lipinski definition) is 11. The molecule has 14 nitrogen and oxygen atoms in total. The lowest BCUT2D eigenvalue weighted by Gasteiger charge is -2.63. The molecule has 1 aliphatic heterocycles. The average Bonchev–Trinajstić information content (AvgIpc) is 3.88. The van der Waals surface area contributed by atoms with Gasteiger partial charge in [-0.05, 0) is 59.9 Å². The predicted molar refractivity (Wildman–Crippen MR) is 248 cm³/mol. The number of nitriles is 1. The number of halogens is 1. The lowest BCUT2D eigenvalue weighted by molar-refractivity contribution is -0.164. The smallest absolute Gasteiger partial charge is 0.251 e. The summed E-state index contributed by atoms with van der Waals surface area (Å²) in [5, 5.41) is 29.0. The summed E-state index contributed by atoms with van der Waals surface area (Å²) in [7, 11) is 0. The Hall–Kier alpha value is -5.53. The number of hydrogen-bond donors (Lipinski definition) is 4. The molecule has 4 amide bonds. The molecule has 0 radical (unpaired) electrons. The molecule has 4 aromatic rings. The molecule has 1 aliphatic carbocycles. The van der Waals surface area contributed by atoms with Crippen LogP contribution in [0.2, 0.25) is 5.02 Å². The molecule has 3 aromatic carbocycles. The maximum Gasteiger partial charge on any atom is 0.251 e. The van der Waals surface area contributed by atoms with Gasteiger partial charge in [-0.2, -0.15) is 5.26 Å². The number of ether oxygens (including phenoxy) is 3. The van der Waals surface area contributed by atoms with Crippen LogP contribution in [-0.4, -0.2) is 95.3 Å². The Bertz CT molecular complexity index is 2370. The number of rotatable bonds is 17. The van der Waals surface area contributed by atoms with E-state index in [9.17, 15) is 29.5 Å². The number of carbonyl (C=O) groups is 4. The maximum atomic E-state index is 14.0. The van der Waals surface area contributed by atoms with Gasteiger partial charge in [-0.15, -0.1) is 11.3 Å². The average molecular weight is 928 g/mol. The summed E-state index contributed by atoms with van der Waals surface area (Å²) in [6, 6.07) is 19.7. The first-order valence-corrected chi connectivity index (χ1v) is 23.0. The normalized spacial score (nSPS) is 20.2. The highest BCUT2D eigenvalue weighted by molar-refractivity contribution is 7.13. The third-order valence-corrected chi connectivity index (χ3v) is 13.5. The summed E-state index contributed by atoms with van der Waals surface area (Å²) >= 11 is 7.80. The first-order valence-electron chi connectivity index (χ1n) is 21.7. The van der Waals surface area contributed by atoms with Crippen LogP contribution in [0.4, 0.5) is 0 Å². The van der Waals surface area contributed by atoms with Crippen molar-refractivity contribution >= 4 is 46.6 Å². The van der Waals surface area contributed by atoms with Gasteiger partial charge in [0.05, 0.1) is 46.0 Å². The highest BCUT2D eigenvalue weighted by atomic mass is 35.5. The van der Waals surface area contributed by atoms with Crippen molar-refractivity contribution in [1.29, 1.82) is 5.26 Å². The third kappa shape index (κ3) is 11.5. The highest BCUT2D eigenvalue weighted by Crippen LogP contribution is 2.55. The van der Waals surface area contributed by atoms with Gasteiger partial charge in [0.15, 0.2) is 0 Å². The molecule has 6 rings (SSSR count). The molecule has 65 heavy (non-hydrogen) atoms. The number of aromatic nitrogens is 1. The second-order valence-electron chi connectivity index (χ2n) is 19.0. The first-order chi connectivity index (χ1) is 30.7. The van der Waals surface area contributed by atoms with E-state index in [4.69, 9.17) is 25.8 Å². The summed E-state index contributed by atoms with van der Waals surface area (Å²) in [4.78, 5) is 60.6. The Morgan fingerprint density at radius 2 is 1.68 bits per heavy atom. The molecule has 2 fully saturated rings. The number of aryl methyl sites for hydroxylation is 1. The second-order valence-corrected chi connectivity index (χ2v) is 20.3. The van der Waals surface area contributed by atoms with Crippen molar-refractivity contribution in [3.63, 3.8) is 0 Å². The zero-order chi connectivity index (χ0) is 47.3. The molecule has 1 saturated carbocycles. The van der Waals surface area contributed by atoms with Crippen LogP contribution >= 0.6 is 22.9 Å². The van der Waals surface area contributed by atoms with Gasteiger partial charge in [-0.3, -0.25) is 19.2 Å². The number of β-amino-alcohol motifs (C(OH)–C–C–N with tert-alkyl or cyclic N) is 1. The minimum absolute atomic E-state index is 0.0262. The van der Waals surface area contributed by atoms with E-state index in [2.05, 4.69) is 27.0 Å². The molecule has 0 spiro atoms. The molecule has 2 aliphatic rings. The Morgan fingerprint density at radius 3 is 2.29 bits per heavy atom. The Labute approximate surface area is 390 Å². The molecule has 1 saturated heterocycles. The van der Waals surface area contributed by atoms with Gasteiger partial charge < -0.3 is 40.2 Å². The van der Waals surface area contributed by atoms with Gasteiger partial charge in [0, 0.05) is 54.4 Å². The molecular weight excluding hydrogens is 868 g/mol. The molecule has 0 bridgehead atoms. The van der Waals surface area contributed by atoms with Gasteiger partial charge in [0.2, 0.25) is 17.7 Å². The molecular formula is C49H59ClN6O8S. The van der Waals surface area contributed by atoms with E-state index in [0.717, 1.165) is 21.7 Å². The Kier molecular flexibility index (Phi) is 15.3. The van der Waals surface area contributed by atoms with E-state index in [1.54, 1.807) is 53.8 Å². The zero-order valence-corrected chi connectivity index (χ0v) is 39.8. The van der Waals surface area contributed by atoms with Gasteiger partial charge in [0.1, 0.15) is 42.4 Å². The number of aliphatic hydroxyl groups is 1. The zero-order valence-electron chi connectivity index (χ0n) is 38.2. The van der Waals surface area contributed by atoms with E-state index in [-0.39, 0.29) is 56.7 Å². The van der Waals surface area contributed by atoms with Gasteiger partial charge >= 0.3 is 0 Å². The van der Waals surface area contributed by atoms with E-state index < -0.39 is 46.2 Å². The summed E-state index contributed by atoms with van der Waals surface area (Å²) in [5.41, 5.74) is 4.03. The standard InChI is InChI=1S/C49H59ClN6O8S/c1-29-40(65-28-53-29)31-12-10-30(11-13-31)25-52-43(60)38-22-34(57)26-56(38)44(61)41(47(2,3)4)54-39(58)27-62-20-9-21-63-35-17-14-32(15-18-35)42(59)55-45-48(5,6)46(49(45,7)8)64-36-19-16-33(24-51)37(50)23-36/h10-19,23,28,34,38,41,45-46,57H,9,20-22,25-27H2,1-8H3,(H,52,60)(H,54,58)(H,55,59)/t34-,38+,41-,45?,46?/m1/s1. The predicted octanol–water partition coefficient (Wildman–Crippen LogP) is 6.85. The fourth-order valence-electron chi connectivity index (χ4n) is 9.01. The largest absolute Gasteiger partial charge is 0.494 e. The lowest BCUT2D eigenvalue weighted by atomic mass is 9.49. The van der Waals surface area contributed by atoms with E-state index in [1.807, 2.05) is 85.2 Å². The van der Waals surface area contributed by atoms with Gasteiger partial charge in [0.25, 0.3) is 5.91 Å². The number of aliphatic hydroxyl groups excluding tert-OH is 1. The first kappa shape index (κ1) is 48.9. The van der Waals surface area contributed by atoms with Crippen LogP contribution in [0.5, 0.6) is 11.5 Å². The number of amides is 4. The third-order valence-electron chi connectivity index (χ3n) is 12.2. The van der Waals surface area contributed by atoms with Gasteiger partial charge in [-0.25, -0.2) is 4.98 Å². The van der Waals surface area contributed by atoms with Crippen molar-refractivity contribution in [2.45, 2.75) is 105 Å². The van der Waals surface area contributed by atoms with E-state index >= 15 is 0 Å². The number of likely N-dealkylation sites (tertiary alicyclic amines) is 1. The SMILES string of the molecule is Cc1ncsc1-c1ccc(CNC(=O)[C@@H]2C[C@@H](O)CN2C(=O)[C@@H](NC(=O)COCCCOc2ccc(C(=O)NC3C(C)(C)C(Oc4ccc(C#N)c(Cl)c4)C3(C)C)cc2)C(C)(C)C)cc1. The van der Waals surface area contributed by atoms with Crippen LogP contribution in [0.1, 0.15) is 88.5 Å². The molecule has 346 valence electrons. The van der Waals surface area contributed by atoms with Crippen molar-refractivity contribution in [2.24, 2.45) is 16.2 Å². The minimum Gasteiger partial charge on any atom is -0.494 e. The quantitative estimate of drug-likeness (QED) is 0.0815. The molecule has 0 unspecified atom stereocenters. The van der Waals surface area contributed by atoms with E-state index in [0.29, 0.717) is 40.7 Å². The fourth-order valence-corrected chi connectivity index (χ4v) is 10.0. The maximum absolute atomic E-state index is 14.0.